The van der Waals surface area contributed by atoms with E-state index in [2.05, 4.69) is 21.3 Å². The number of likely N-dealkylation sites (tertiary alicyclic amines) is 1. The molecule has 0 atom stereocenters. The highest BCUT2D eigenvalue weighted by atomic mass is 35.5. The van der Waals surface area contributed by atoms with Gasteiger partial charge in [0.1, 0.15) is 0 Å². The number of piperidine rings is 1. The van der Waals surface area contributed by atoms with Crippen LogP contribution in [0.2, 0.25) is 0 Å². The molecule has 1 aliphatic heterocycles. The molecular weight excluding hydrogens is 463 g/mol. The van der Waals surface area contributed by atoms with E-state index in [1.165, 1.54) is 12.1 Å². The highest BCUT2D eigenvalue weighted by molar-refractivity contribution is 7.92. The number of nitrogens with zero attached hydrogens (tertiary/aromatic N) is 2. The fraction of sp³-hybridized carbons (Fsp3) is 0.318. The number of halogens is 4. The molecule has 4 rings (SSSR count). The third kappa shape index (κ3) is 5.33. The number of aromatic nitrogens is 1. The zero-order chi connectivity index (χ0) is 22.1. The molecular formula is C22H23ClF3N3O2S. The zero-order valence-corrected chi connectivity index (χ0v) is 18.7. The van der Waals surface area contributed by atoms with Crippen LogP contribution in [0.15, 0.2) is 65.8 Å². The molecule has 1 saturated heterocycles. The van der Waals surface area contributed by atoms with E-state index in [0.717, 1.165) is 60.1 Å². The number of alkyl halides is 3. The SMILES string of the molecule is Cl.O=S(=O)(c1ccc(CN2CCC(Nc3ccc4cnccc4c3)CC2)cc1)C(F)(F)F. The quantitative estimate of drug-likeness (QED) is 0.549. The molecule has 0 saturated carbocycles. The molecule has 10 heteroatoms. The lowest BCUT2D eigenvalue weighted by atomic mass is 10.0. The lowest BCUT2D eigenvalue weighted by Gasteiger charge is -2.33. The van der Waals surface area contributed by atoms with Crippen LogP contribution in [-0.2, 0) is 16.4 Å². The number of nitrogens with one attached hydrogen (secondary N) is 1. The predicted octanol–water partition coefficient (Wildman–Crippen LogP) is 5.03. The average Bonchev–Trinajstić information content (AvgIpc) is 2.75. The maximum Gasteiger partial charge on any atom is 0.501 e. The van der Waals surface area contributed by atoms with Gasteiger partial charge < -0.3 is 5.32 Å². The topological polar surface area (TPSA) is 62.3 Å². The van der Waals surface area contributed by atoms with Gasteiger partial charge in [0, 0.05) is 49.1 Å². The van der Waals surface area contributed by atoms with Crippen LogP contribution < -0.4 is 5.32 Å². The van der Waals surface area contributed by atoms with E-state index in [1.807, 2.05) is 24.4 Å². The highest BCUT2D eigenvalue weighted by Gasteiger charge is 2.46. The number of fused-ring (bicyclic) bond motifs is 1. The van der Waals surface area contributed by atoms with Crippen LogP contribution in [0.25, 0.3) is 10.8 Å². The molecule has 0 aliphatic carbocycles. The summed E-state index contributed by atoms with van der Waals surface area (Å²) in [5.41, 5.74) is -3.43. The molecule has 1 fully saturated rings. The molecule has 1 aromatic heterocycles. The van der Waals surface area contributed by atoms with Gasteiger partial charge in [0.25, 0.3) is 9.84 Å². The summed E-state index contributed by atoms with van der Waals surface area (Å²) in [5.74, 6) is 0. The molecule has 0 bridgehead atoms. The Bertz CT molecular complexity index is 1160. The Morgan fingerprint density at radius 1 is 1.00 bits per heavy atom. The fourth-order valence-corrected chi connectivity index (χ4v) is 4.57. The van der Waals surface area contributed by atoms with Crippen molar-refractivity contribution in [2.45, 2.75) is 35.8 Å². The van der Waals surface area contributed by atoms with E-state index in [9.17, 15) is 21.6 Å². The van der Waals surface area contributed by atoms with Crippen LogP contribution >= 0.6 is 12.4 Å². The number of pyridine rings is 1. The summed E-state index contributed by atoms with van der Waals surface area (Å²) in [6.45, 7) is 2.26. The van der Waals surface area contributed by atoms with Crippen molar-refractivity contribution in [3.8, 4) is 0 Å². The normalized spacial score (nSPS) is 16.0. The van der Waals surface area contributed by atoms with Gasteiger partial charge in [0.2, 0.25) is 0 Å². The Hall–Kier alpha value is -2.36. The van der Waals surface area contributed by atoms with Crippen molar-refractivity contribution >= 4 is 38.7 Å². The number of benzene rings is 2. The summed E-state index contributed by atoms with van der Waals surface area (Å²) < 4.78 is 60.9. The highest BCUT2D eigenvalue weighted by Crippen LogP contribution is 2.30. The minimum Gasteiger partial charge on any atom is -0.382 e. The van der Waals surface area contributed by atoms with Crippen molar-refractivity contribution in [1.29, 1.82) is 0 Å². The Labute approximate surface area is 191 Å². The van der Waals surface area contributed by atoms with Gasteiger partial charge in [-0.1, -0.05) is 18.2 Å². The molecule has 0 amide bonds. The summed E-state index contributed by atoms with van der Waals surface area (Å²) in [7, 11) is -5.30. The summed E-state index contributed by atoms with van der Waals surface area (Å²) in [6, 6.07) is 13.5. The number of anilines is 1. The second-order valence-corrected chi connectivity index (χ2v) is 9.67. The summed E-state index contributed by atoms with van der Waals surface area (Å²) in [6.07, 6.45) is 5.49. The zero-order valence-electron chi connectivity index (χ0n) is 17.0. The molecule has 0 spiro atoms. The van der Waals surface area contributed by atoms with Gasteiger partial charge in [0.15, 0.2) is 0 Å². The number of hydrogen-bond donors (Lipinski definition) is 1. The molecule has 1 aliphatic rings. The lowest BCUT2D eigenvalue weighted by Crippen LogP contribution is -2.38. The minimum atomic E-state index is -5.30. The van der Waals surface area contributed by atoms with Crippen LogP contribution in [0.1, 0.15) is 18.4 Å². The molecule has 5 nitrogen and oxygen atoms in total. The van der Waals surface area contributed by atoms with Crippen molar-refractivity contribution in [2.75, 3.05) is 18.4 Å². The molecule has 172 valence electrons. The molecule has 0 unspecified atom stereocenters. The summed E-state index contributed by atoms with van der Waals surface area (Å²) >= 11 is 0. The van der Waals surface area contributed by atoms with Crippen molar-refractivity contribution in [1.82, 2.24) is 9.88 Å². The van der Waals surface area contributed by atoms with Crippen LogP contribution in [-0.4, -0.2) is 42.9 Å². The summed E-state index contributed by atoms with van der Waals surface area (Å²) in [5, 5.41) is 5.80. The van der Waals surface area contributed by atoms with E-state index in [1.54, 1.807) is 6.20 Å². The van der Waals surface area contributed by atoms with E-state index in [-0.39, 0.29) is 12.4 Å². The second kappa shape index (κ2) is 9.64. The maximum absolute atomic E-state index is 12.7. The molecule has 32 heavy (non-hydrogen) atoms. The maximum atomic E-state index is 12.7. The molecule has 1 N–H and O–H groups in total. The standard InChI is InChI=1S/C22H22F3N3O2S.ClH/c23-22(24,25)31(29,30)21-5-1-16(2-6-21)15-28-11-8-19(9-12-28)27-20-4-3-18-14-26-10-7-17(18)13-20;/h1-7,10,13-14,19,27H,8-9,11-12,15H2;1H. The Balaban J connectivity index is 0.00000289. The number of rotatable bonds is 5. The monoisotopic (exact) mass is 485 g/mol. The molecule has 2 aromatic carbocycles. The largest absolute Gasteiger partial charge is 0.501 e. The van der Waals surface area contributed by atoms with Crippen molar-refractivity contribution < 1.29 is 21.6 Å². The Morgan fingerprint density at radius 3 is 2.34 bits per heavy atom. The van der Waals surface area contributed by atoms with E-state index < -0.39 is 20.2 Å². The van der Waals surface area contributed by atoms with Gasteiger partial charge in [-0.3, -0.25) is 9.88 Å². The number of sulfone groups is 1. The van der Waals surface area contributed by atoms with Crippen molar-refractivity contribution in [2.24, 2.45) is 0 Å². The van der Waals surface area contributed by atoms with Gasteiger partial charge >= 0.3 is 5.51 Å². The summed E-state index contributed by atoms with van der Waals surface area (Å²) in [4.78, 5) is 5.62. The first-order valence-electron chi connectivity index (χ1n) is 9.95. The van der Waals surface area contributed by atoms with Gasteiger partial charge in [0.05, 0.1) is 4.90 Å². The van der Waals surface area contributed by atoms with Crippen LogP contribution in [0.4, 0.5) is 18.9 Å². The van der Waals surface area contributed by atoms with Gasteiger partial charge in [-0.15, -0.1) is 12.4 Å². The third-order valence-electron chi connectivity index (χ3n) is 5.54. The van der Waals surface area contributed by atoms with E-state index >= 15 is 0 Å². The molecule has 2 heterocycles. The lowest BCUT2D eigenvalue weighted by molar-refractivity contribution is -0.0436. The molecule has 0 radical (unpaired) electrons. The van der Waals surface area contributed by atoms with Crippen LogP contribution in [0, 0.1) is 0 Å². The average molecular weight is 486 g/mol. The fourth-order valence-electron chi connectivity index (χ4n) is 3.81. The van der Waals surface area contributed by atoms with E-state index in [4.69, 9.17) is 0 Å². The van der Waals surface area contributed by atoms with Crippen molar-refractivity contribution in [3.63, 3.8) is 0 Å². The van der Waals surface area contributed by atoms with E-state index in [0.29, 0.717) is 12.6 Å². The predicted molar refractivity (Wildman–Crippen MR) is 121 cm³/mol. The first-order chi connectivity index (χ1) is 14.7. The van der Waals surface area contributed by atoms with Gasteiger partial charge in [-0.25, -0.2) is 8.42 Å². The van der Waals surface area contributed by atoms with Crippen molar-refractivity contribution in [3.05, 3.63) is 66.5 Å². The van der Waals surface area contributed by atoms with Gasteiger partial charge in [-0.05, 0) is 54.1 Å². The Morgan fingerprint density at radius 2 is 1.69 bits per heavy atom. The minimum absolute atomic E-state index is 0. The van der Waals surface area contributed by atoms with Crippen LogP contribution in [0.5, 0.6) is 0 Å². The smallest absolute Gasteiger partial charge is 0.382 e. The first kappa shape index (κ1) is 24.3. The van der Waals surface area contributed by atoms with Crippen LogP contribution in [0.3, 0.4) is 0 Å². The Kier molecular flexibility index (Phi) is 7.32. The van der Waals surface area contributed by atoms with Gasteiger partial charge in [-0.2, -0.15) is 13.2 Å². The molecule has 3 aromatic rings. The third-order valence-corrected chi connectivity index (χ3v) is 7.05. The first-order valence-corrected chi connectivity index (χ1v) is 11.4. The second-order valence-electron chi connectivity index (χ2n) is 7.73. The number of hydrogen-bond acceptors (Lipinski definition) is 5.